The molecular formula is C27H26N4O2S. The summed E-state index contributed by atoms with van der Waals surface area (Å²) in [5, 5.41) is 11.0. The number of nitrogens with one attached hydrogen (secondary N) is 1. The Bertz CT molecular complexity index is 1400. The van der Waals surface area contributed by atoms with Crippen LogP contribution in [-0.4, -0.2) is 26.9 Å². The van der Waals surface area contributed by atoms with E-state index in [4.69, 9.17) is 9.84 Å². The SMILES string of the molecule is CCOc1ccc(CNC(=O)c2cc3c(-c4cccs4)nn(-c4ccccc4)c3n2CC)cc1. The zero-order valence-corrected chi connectivity index (χ0v) is 20.0. The van der Waals surface area contributed by atoms with Crippen molar-refractivity contribution in [1.29, 1.82) is 0 Å². The van der Waals surface area contributed by atoms with Crippen LogP contribution in [0.3, 0.4) is 0 Å². The minimum absolute atomic E-state index is 0.108. The molecule has 3 aromatic heterocycles. The standard InChI is InChI=1S/C27H26N4O2S/c1-3-30-23(26(32)28-18-19-12-14-21(15-13-19)33-4-2)17-22-25(24-11-8-16-34-24)29-31(27(22)30)20-9-6-5-7-10-20/h5-17H,3-4,18H2,1-2H3,(H,28,32). The van der Waals surface area contributed by atoms with Gasteiger partial charge in [0.1, 0.15) is 22.8 Å². The maximum absolute atomic E-state index is 13.3. The highest BCUT2D eigenvalue weighted by Gasteiger charge is 2.23. The predicted molar refractivity (Wildman–Crippen MR) is 137 cm³/mol. The number of amides is 1. The van der Waals surface area contributed by atoms with Crippen LogP contribution >= 0.6 is 11.3 Å². The van der Waals surface area contributed by atoms with Crippen molar-refractivity contribution in [2.75, 3.05) is 6.61 Å². The third kappa shape index (κ3) is 4.10. The lowest BCUT2D eigenvalue weighted by molar-refractivity contribution is 0.0942. The predicted octanol–water partition coefficient (Wildman–Crippen LogP) is 5.90. The Morgan fingerprint density at radius 3 is 2.50 bits per heavy atom. The van der Waals surface area contributed by atoms with Gasteiger partial charge in [0.15, 0.2) is 0 Å². The number of benzene rings is 2. The molecule has 172 valence electrons. The summed E-state index contributed by atoms with van der Waals surface area (Å²) < 4.78 is 9.49. The van der Waals surface area contributed by atoms with Gasteiger partial charge < -0.3 is 14.6 Å². The smallest absolute Gasteiger partial charge is 0.268 e. The zero-order valence-electron chi connectivity index (χ0n) is 19.2. The van der Waals surface area contributed by atoms with E-state index in [-0.39, 0.29) is 5.91 Å². The second-order valence-corrected chi connectivity index (χ2v) is 8.79. The molecule has 0 radical (unpaired) electrons. The van der Waals surface area contributed by atoms with Gasteiger partial charge in [-0.25, -0.2) is 4.68 Å². The normalized spacial score (nSPS) is 11.1. The van der Waals surface area contributed by atoms with Gasteiger partial charge in [-0.05, 0) is 61.2 Å². The molecule has 0 fully saturated rings. The second kappa shape index (κ2) is 9.57. The average molecular weight is 471 g/mol. The fourth-order valence-electron chi connectivity index (χ4n) is 4.14. The van der Waals surface area contributed by atoms with Crippen LogP contribution in [0.1, 0.15) is 29.9 Å². The van der Waals surface area contributed by atoms with Crippen LogP contribution in [-0.2, 0) is 13.1 Å². The molecule has 0 aliphatic rings. The second-order valence-electron chi connectivity index (χ2n) is 7.84. The van der Waals surface area contributed by atoms with Crippen molar-refractivity contribution in [3.63, 3.8) is 0 Å². The van der Waals surface area contributed by atoms with Crippen molar-refractivity contribution in [1.82, 2.24) is 19.7 Å². The van der Waals surface area contributed by atoms with Gasteiger partial charge in [-0.3, -0.25) is 4.79 Å². The summed E-state index contributed by atoms with van der Waals surface area (Å²) in [6.07, 6.45) is 0. The number of fused-ring (bicyclic) bond motifs is 1. The molecule has 6 nitrogen and oxygen atoms in total. The van der Waals surface area contributed by atoms with Crippen LogP contribution in [0.4, 0.5) is 0 Å². The molecule has 2 aromatic carbocycles. The Balaban J connectivity index is 1.52. The van der Waals surface area contributed by atoms with Crippen molar-refractivity contribution >= 4 is 28.3 Å². The van der Waals surface area contributed by atoms with E-state index in [2.05, 4.69) is 18.3 Å². The average Bonchev–Trinajstić information content (AvgIpc) is 3.60. The zero-order chi connectivity index (χ0) is 23.5. The quantitative estimate of drug-likeness (QED) is 0.307. The number of aryl methyl sites for hydroxylation is 1. The number of carbonyl (C=O) groups excluding carboxylic acids is 1. The molecule has 3 heterocycles. The van der Waals surface area contributed by atoms with Gasteiger partial charge >= 0.3 is 0 Å². The van der Waals surface area contributed by atoms with E-state index in [0.717, 1.165) is 38.6 Å². The number of hydrogen-bond acceptors (Lipinski definition) is 4. The van der Waals surface area contributed by atoms with Gasteiger partial charge in [0.05, 0.1) is 17.2 Å². The number of thiophene rings is 1. The molecule has 5 aromatic rings. The van der Waals surface area contributed by atoms with Crippen LogP contribution in [0.2, 0.25) is 0 Å². The first kappa shape index (κ1) is 22.0. The lowest BCUT2D eigenvalue weighted by Gasteiger charge is -2.11. The van der Waals surface area contributed by atoms with E-state index in [1.807, 2.05) is 88.3 Å². The van der Waals surface area contributed by atoms with Crippen LogP contribution in [0.5, 0.6) is 5.75 Å². The molecule has 7 heteroatoms. The first-order valence-corrected chi connectivity index (χ1v) is 12.3. The molecule has 0 saturated heterocycles. The largest absolute Gasteiger partial charge is 0.494 e. The highest BCUT2D eigenvalue weighted by molar-refractivity contribution is 7.13. The summed E-state index contributed by atoms with van der Waals surface area (Å²) in [6, 6.07) is 23.9. The molecule has 0 unspecified atom stereocenters. The van der Waals surface area contributed by atoms with Crippen LogP contribution in [0.25, 0.3) is 27.3 Å². The number of rotatable bonds is 8. The van der Waals surface area contributed by atoms with E-state index in [1.54, 1.807) is 11.3 Å². The molecule has 0 bridgehead atoms. The fraction of sp³-hybridized carbons (Fsp3) is 0.185. The Hall–Kier alpha value is -3.84. The lowest BCUT2D eigenvalue weighted by Crippen LogP contribution is -2.25. The van der Waals surface area contributed by atoms with Crippen LogP contribution in [0.15, 0.2) is 78.2 Å². The minimum atomic E-state index is -0.108. The molecule has 1 amide bonds. The summed E-state index contributed by atoms with van der Waals surface area (Å²) in [6.45, 7) is 5.74. The Morgan fingerprint density at radius 2 is 1.82 bits per heavy atom. The number of carbonyl (C=O) groups is 1. The highest BCUT2D eigenvalue weighted by atomic mass is 32.1. The summed E-state index contributed by atoms with van der Waals surface area (Å²) >= 11 is 1.65. The van der Waals surface area contributed by atoms with Crippen molar-refractivity contribution in [3.8, 4) is 22.0 Å². The number of nitrogens with zero attached hydrogens (tertiary/aromatic N) is 3. The van der Waals surface area contributed by atoms with E-state index in [1.165, 1.54) is 0 Å². The van der Waals surface area contributed by atoms with Crippen LogP contribution in [0, 0.1) is 0 Å². The molecule has 0 saturated carbocycles. The summed E-state index contributed by atoms with van der Waals surface area (Å²) in [4.78, 5) is 14.4. The van der Waals surface area contributed by atoms with E-state index < -0.39 is 0 Å². The lowest BCUT2D eigenvalue weighted by atomic mass is 10.2. The van der Waals surface area contributed by atoms with Crippen molar-refractivity contribution in [2.24, 2.45) is 0 Å². The Morgan fingerprint density at radius 1 is 1.03 bits per heavy atom. The first-order valence-electron chi connectivity index (χ1n) is 11.4. The van der Waals surface area contributed by atoms with Crippen molar-refractivity contribution in [3.05, 3.63) is 89.4 Å². The number of aromatic nitrogens is 3. The highest BCUT2D eigenvalue weighted by Crippen LogP contribution is 2.34. The van der Waals surface area contributed by atoms with E-state index in [0.29, 0.717) is 25.4 Å². The summed E-state index contributed by atoms with van der Waals surface area (Å²) in [5.41, 5.74) is 4.42. The molecular weight excluding hydrogens is 444 g/mol. The number of para-hydroxylation sites is 1. The van der Waals surface area contributed by atoms with E-state index >= 15 is 0 Å². The maximum Gasteiger partial charge on any atom is 0.268 e. The van der Waals surface area contributed by atoms with Crippen molar-refractivity contribution in [2.45, 2.75) is 26.9 Å². The van der Waals surface area contributed by atoms with Gasteiger partial charge in [-0.1, -0.05) is 36.4 Å². The Kier molecular flexibility index (Phi) is 6.18. The topological polar surface area (TPSA) is 61.1 Å². The first-order chi connectivity index (χ1) is 16.7. The molecule has 0 spiro atoms. The number of ether oxygens (including phenoxy) is 1. The summed E-state index contributed by atoms with van der Waals surface area (Å²) in [7, 11) is 0. The molecule has 0 aliphatic heterocycles. The monoisotopic (exact) mass is 470 g/mol. The van der Waals surface area contributed by atoms with Gasteiger partial charge in [-0.15, -0.1) is 11.3 Å². The third-order valence-electron chi connectivity index (χ3n) is 5.72. The minimum Gasteiger partial charge on any atom is -0.494 e. The summed E-state index contributed by atoms with van der Waals surface area (Å²) in [5.74, 6) is 0.721. The Labute approximate surface area is 202 Å². The third-order valence-corrected chi connectivity index (χ3v) is 6.59. The van der Waals surface area contributed by atoms with Gasteiger partial charge in [-0.2, -0.15) is 5.10 Å². The van der Waals surface area contributed by atoms with E-state index in [9.17, 15) is 4.79 Å². The molecule has 0 aliphatic carbocycles. The van der Waals surface area contributed by atoms with Gasteiger partial charge in [0, 0.05) is 18.5 Å². The van der Waals surface area contributed by atoms with Crippen molar-refractivity contribution < 1.29 is 9.53 Å². The number of hydrogen-bond donors (Lipinski definition) is 1. The fourth-order valence-corrected chi connectivity index (χ4v) is 4.86. The molecule has 1 N–H and O–H groups in total. The molecule has 5 rings (SSSR count). The molecule has 0 atom stereocenters. The van der Waals surface area contributed by atoms with Gasteiger partial charge in [0.2, 0.25) is 0 Å². The van der Waals surface area contributed by atoms with Gasteiger partial charge in [0.25, 0.3) is 5.91 Å². The van der Waals surface area contributed by atoms with Crippen LogP contribution < -0.4 is 10.1 Å². The maximum atomic E-state index is 13.3. The molecule has 34 heavy (non-hydrogen) atoms.